The monoisotopic (exact) mass is 181 g/mol. The van der Waals surface area contributed by atoms with Gasteiger partial charge < -0.3 is 4.74 Å². The molecule has 0 saturated carbocycles. The van der Waals surface area contributed by atoms with Crippen LogP contribution < -0.4 is 0 Å². The average Bonchev–Trinajstić information content (AvgIpc) is 2.14. The molecule has 0 unspecified atom stereocenters. The van der Waals surface area contributed by atoms with Gasteiger partial charge in [-0.15, -0.1) is 0 Å². The van der Waals surface area contributed by atoms with Crippen molar-refractivity contribution in [2.75, 3.05) is 7.11 Å². The molecule has 0 radical (unpaired) electrons. The summed E-state index contributed by atoms with van der Waals surface area (Å²) in [4.78, 5) is 0. The highest BCUT2D eigenvalue weighted by atomic mass is 19.1. The highest BCUT2D eigenvalue weighted by Gasteiger charge is 2.04. The number of allylic oxidation sites excluding steroid dienone is 5. The van der Waals surface area contributed by atoms with Crippen molar-refractivity contribution < 1.29 is 9.13 Å². The number of halogens is 1. The van der Waals surface area contributed by atoms with Crippen molar-refractivity contribution in [1.82, 2.24) is 0 Å². The van der Waals surface area contributed by atoms with Gasteiger partial charge in [0.05, 0.1) is 13.2 Å². The summed E-state index contributed by atoms with van der Waals surface area (Å²) in [7, 11) is 1.39. The van der Waals surface area contributed by atoms with Gasteiger partial charge in [0.15, 0.2) is 5.83 Å². The Kier molecular flexibility index (Phi) is 4.53. The van der Waals surface area contributed by atoms with E-state index in [1.54, 1.807) is 13.0 Å². The number of methoxy groups -OCH3 is 1. The molecule has 0 atom stereocenters. The third kappa shape index (κ3) is 3.57. The number of rotatable bonds is 3. The van der Waals surface area contributed by atoms with Crippen molar-refractivity contribution in [3.8, 4) is 6.07 Å². The summed E-state index contributed by atoms with van der Waals surface area (Å²) < 4.78 is 17.9. The van der Waals surface area contributed by atoms with E-state index in [4.69, 9.17) is 10.00 Å². The Morgan fingerprint density at radius 1 is 1.54 bits per heavy atom. The second-order valence-corrected chi connectivity index (χ2v) is 2.54. The van der Waals surface area contributed by atoms with E-state index in [-0.39, 0.29) is 11.3 Å². The maximum absolute atomic E-state index is 13.2. The van der Waals surface area contributed by atoms with Crippen LogP contribution in [0, 0.1) is 11.3 Å². The van der Waals surface area contributed by atoms with Crippen LogP contribution in [0.1, 0.15) is 13.8 Å². The number of hydrogen-bond acceptors (Lipinski definition) is 2. The van der Waals surface area contributed by atoms with E-state index in [1.165, 1.54) is 20.1 Å². The molecule has 0 N–H and O–H groups in total. The van der Waals surface area contributed by atoms with E-state index in [0.717, 1.165) is 0 Å². The number of ether oxygens (including phenoxy) is 1. The van der Waals surface area contributed by atoms with Crippen LogP contribution in [0.4, 0.5) is 4.39 Å². The molecule has 0 aliphatic rings. The van der Waals surface area contributed by atoms with E-state index in [1.807, 2.05) is 0 Å². The second kappa shape index (κ2) is 5.15. The van der Waals surface area contributed by atoms with Gasteiger partial charge >= 0.3 is 0 Å². The maximum atomic E-state index is 13.2. The van der Waals surface area contributed by atoms with Crippen molar-refractivity contribution in [3.63, 3.8) is 0 Å². The fourth-order valence-electron chi connectivity index (χ4n) is 0.724. The van der Waals surface area contributed by atoms with Crippen LogP contribution in [0.5, 0.6) is 0 Å². The zero-order valence-electron chi connectivity index (χ0n) is 8.02. The molecule has 0 aromatic heterocycles. The first-order chi connectivity index (χ1) is 6.02. The van der Waals surface area contributed by atoms with Crippen LogP contribution in [-0.4, -0.2) is 7.11 Å². The Hall–Kier alpha value is -1.56. The predicted molar refractivity (Wildman–Crippen MR) is 49.3 cm³/mol. The third-order valence-electron chi connectivity index (χ3n) is 1.50. The number of nitriles is 1. The minimum absolute atomic E-state index is 0.194. The molecule has 0 spiro atoms. The Morgan fingerprint density at radius 2 is 2.08 bits per heavy atom. The van der Waals surface area contributed by atoms with E-state index >= 15 is 0 Å². The summed E-state index contributed by atoms with van der Waals surface area (Å²) in [6.45, 7) is 6.48. The van der Waals surface area contributed by atoms with Gasteiger partial charge in [-0.05, 0) is 25.5 Å². The molecule has 0 aliphatic carbocycles. The molecule has 0 amide bonds. The lowest BCUT2D eigenvalue weighted by atomic mass is 10.2. The van der Waals surface area contributed by atoms with Gasteiger partial charge in [-0.25, -0.2) is 4.39 Å². The van der Waals surface area contributed by atoms with E-state index < -0.39 is 5.83 Å². The average molecular weight is 181 g/mol. The Bertz CT molecular complexity index is 307. The van der Waals surface area contributed by atoms with Gasteiger partial charge in [-0.3, -0.25) is 0 Å². The van der Waals surface area contributed by atoms with Crippen molar-refractivity contribution in [2.45, 2.75) is 13.8 Å². The molecule has 0 heterocycles. The third-order valence-corrected chi connectivity index (χ3v) is 1.50. The molecule has 0 rings (SSSR count). The molecule has 0 bridgehead atoms. The van der Waals surface area contributed by atoms with Crippen molar-refractivity contribution in [2.24, 2.45) is 0 Å². The van der Waals surface area contributed by atoms with Crippen LogP contribution in [0.3, 0.4) is 0 Å². The smallest absolute Gasteiger partial charge is 0.163 e. The van der Waals surface area contributed by atoms with Gasteiger partial charge in [0.2, 0.25) is 0 Å². The molecule has 0 fully saturated rings. The Morgan fingerprint density at radius 3 is 2.46 bits per heavy atom. The van der Waals surface area contributed by atoms with Crippen molar-refractivity contribution in [1.29, 1.82) is 5.26 Å². The van der Waals surface area contributed by atoms with E-state index in [0.29, 0.717) is 5.57 Å². The lowest BCUT2D eigenvalue weighted by Gasteiger charge is -2.02. The van der Waals surface area contributed by atoms with Crippen LogP contribution in [-0.2, 0) is 4.74 Å². The lowest BCUT2D eigenvalue weighted by molar-refractivity contribution is 0.279. The highest BCUT2D eigenvalue weighted by Crippen LogP contribution is 2.17. The van der Waals surface area contributed by atoms with Crippen LogP contribution in [0.2, 0.25) is 0 Å². The van der Waals surface area contributed by atoms with Gasteiger partial charge in [0.25, 0.3) is 0 Å². The SMILES string of the molecule is C=C(C#N)/C=C(C)\C(F)=C(/C)OC. The van der Waals surface area contributed by atoms with E-state index in [2.05, 4.69) is 6.58 Å². The maximum Gasteiger partial charge on any atom is 0.163 e. The first kappa shape index (κ1) is 11.4. The topological polar surface area (TPSA) is 33.0 Å². The standard InChI is InChI=1S/C10H12FNO/c1-7(6-12)5-8(2)10(11)9(3)13-4/h5H,1H2,2-4H3/b8-5-,10-9-. The minimum atomic E-state index is -0.459. The van der Waals surface area contributed by atoms with Crippen LogP contribution in [0.15, 0.2) is 35.4 Å². The summed E-state index contributed by atoms with van der Waals surface area (Å²) in [5, 5.41) is 8.40. The normalized spacial score (nSPS) is 13.0. The first-order valence-corrected chi connectivity index (χ1v) is 3.71. The van der Waals surface area contributed by atoms with E-state index in [9.17, 15) is 4.39 Å². The Labute approximate surface area is 77.6 Å². The quantitative estimate of drug-likeness (QED) is 0.381. The summed E-state index contributed by atoms with van der Waals surface area (Å²) >= 11 is 0. The molecule has 13 heavy (non-hydrogen) atoms. The number of nitrogens with zero attached hydrogens (tertiary/aromatic N) is 1. The minimum Gasteiger partial charge on any atom is -0.498 e. The first-order valence-electron chi connectivity index (χ1n) is 3.71. The fraction of sp³-hybridized carbons (Fsp3) is 0.300. The van der Waals surface area contributed by atoms with Crippen LogP contribution >= 0.6 is 0 Å². The van der Waals surface area contributed by atoms with Gasteiger partial charge in [0, 0.05) is 5.57 Å². The molecular weight excluding hydrogens is 169 g/mol. The highest BCUT2D eigenvalue weighted by molar-refractivity contribution is 5.38. The molecule has 0 aliphatic heterocycles. The lowest BCUT2D eigenvalue weighted by Crippen LogP contribution is -1.88. The summed E-state index contributed by atoms with van der Waals surface area (Å²) in [6, 6.07) is 1.81. The van der Waals surface area contributed by atoms with Gasteiger partial charge in [-0.1, -0.05) is 6.58 Å². The zero-order valence-corrected chi connectivity index (χ0v) is 8.02. The molecule has 0 aromatic carbocycles. The summed E-state index contributed by atoms with van der Waals surface area (Å²) in [6.07, 6.45) is 1.37. The molecule has 0 aromatic rings. The Balaban J connectivity index is 4.82. The largest absolute Gasteiger partial charge is 0.498 e. The summed E-state index contributed by atoms with van der Waals surface area (Å²) in [5.74, 6) is -0.265. The second-order valence-electron chi connectivity index (χ2n) is 2.54. The van der Waals surface area contributed by atoms with Crippen molar-refractivity contribution in [3.05, 3.63) is 35.4 Å². The molecule has 70 valence electrons. The predicted octanol–water partition coefficient (Wildman–Crippen LogP) is 2.86. The zero-order chi connectivity index (χ0) is 10.4. The van der Waals surface area contributed by atoms with Gasteiger partial charge in [0.1, 0.15) is 5.76 Å². The molecule has 2 nitrogen and oxygen atoms in total. The molecule has 0 saturated heterocycles. The van der Waals surface area contributed by atoms with Crippen molar-refractivity contribution >= 4 is 0 Å². The fourth-order valence-corrected chi connectivity index (χ4v) is 0.724. The molecule has 3 heteroatoms. The summed E-state index contributed by atoms with van der Waals surface area (Å²) in [5.41, 5.74) is 0.558. The van der Waals surface area contributed by atoms with Gasteiger partial charge in [-0.2, -0.15) is 5.26 Å². The molecular formula is C10H12FNO. The van der Waals surface area contributed by atoms with Crippen LogP contribution in [0.25, 0.3) is 0 Å². The number of hydrogen-bond donors (Lipinski definition) is 0.